The van der Waals surface area contributed by atoms with Gasteiger partial charge in [-0.3, -0.25) is 4.79 Å². The fourth-order valence-corrected chi connectivity index (χ4v) is 2.16. The van der Waals surface area contributed by atoms with Gasteiger partial charge in [-0.2, -0.15) is 5.10 Å². The summed E-state index contributed by atoms with van der Waals surface area (Å²) in [6.45, 7) is 5.53. The van der Waals surface area contributed by atoms with Gasteiger partial charge in [-0.25, -0.2) is 5.43 Å². The van der Waals surface area contributed by atoms with Gasteiger partial charge in [0.1, 0.15) is 11.5 Å². The summed E-state index contributed by atoms with van der Waals surface area (Å²) >= 11 is 0. The molecule has 0 aliphatic heterocycles. The smallest absolute Gasteiger partial charge is 0.277 e. The third-order valence-electron chi connectivity index (χ3n) is 3.42. The second-order valence-corrected chi connectivity index (χ2v) is 5.32. The maximum atomic E-state index is 11.8. The standard InChI is InChI=1S/C18H20N2O3/c1-12-6-5-9-15(17(12)22)10-19-20-16(21)11-23-18-13(2)7-4-8-14(18)3/h4-10,22H,11H2,1-3H3,(H,20,21). The predicted octanol–water partition coefficient (Wildman–Crippen LogP) is 2.85. The van der Waals surface area contributed by atoms with Gasteiger partial charge in [0.05, 0.1) is 6.21 Å². The quantitative estimate of drug-likeness (QED) is 0.659. The first-order valence-corrected chi connectivity index (χ1v) is 7.28. The van der Waals surface area contributed by atoms with E-state index in [2.05, 4.69) is 10.5 Å². The van der Waals surface area contributed by atoms with Gasteiger partial charge in [-0.15, -0.1) is 0 Å². The summed E-state index contributed by atoms with van der Waals surface area (Å²) in [5.74, 6) is 0.497. The van der Waals surface area contributed by atoms with E-state index in [1.165, 1.54) is 6.21 Å². The van der Waals surface area contributed by atoms with E-state index in [0.717, 1.165) is 16.7 Å². The molecule has 2 N–H and O–H groups in total. The number of aromatic hydroxyl groups is 1. The van der Waals surface area contributed by atoms with Crippen molar-refractivity contribution in [2.75, 3.05) is 6.61 Å². The van der Waals surface area contributed by atoms with Crippen LogP contribution in [0.15, 0.2) is 41.5 Å². The summed E-state index contributed by atoms with van der Waals surface area (Å²) in [7, 11) is 0. The number of amides is 1. The molecule has 0 unspecified atom stereocenters. The van der Waals surface area contributed by atoms with Gasteiger partial charge >= 0.3 is 0 Å². The van der Waals surface area contributed by atoms with Crippen molar-refractivity contribution < 1.29 is 14.6 Å². The molecule has 5 heteroatoms. The lowest BCUT2D eigenvalue weighted by atomic mass is 10.1. The van der Waals surface area contributed by atoms with Crippen LogP contribution in [0.4, 0.5) is 0 Å². The van der Waals surface area contributed by atoms with Crippen LogP contribution in [0, 0.1) is 20.8 Å². The first-order valence-electron chi connectivity index (χ1n) is 7.28. The molecule has 0 aliphatic rings. The summed E-state index contributed by atoms with van der Waals surface area (Å²) in [4.78, 5) is 11.8. The predicted molar refractivity (Wildman–Crippen MR) is 90.0 cm³/mol. The Morgan fingerprint density at radius 3 is 2.43 bits per heavy atom. The van der Waals surface area contributed by atoms with E-state index in [0.29, 0.717) is 11.3 Å². The number of rotatable bonds is 5. The molecule has 0 heterocycles. The number of nitrogens with zero attached hydrogens (tertiary/aromatic N) is 1. The number of nitrogens with one attached hydrogen (secondary N) is 1. The van der Waals surface area contributed by atoms with Crippen LogP contribution in [0.25, 0.3) is 0 Å². The Bertz CT molecular complexity index is 719. The van der Waals surface area contributed by atoms with Gasteiger partial charge in [0.15, 0.2) is 6.61 Å². The highest BCUT2D eigenvalue weighted by molar-refractivity contribution is 5.85. The maximum Gasteiger partial charge on any atom is 0.277 e. The number of phenols is 1. The zero-order chi connectivity index (χ0) is 16.8. The molecule has 2 rings (SSSR count). The van der Waals surface area contributed by atoms with E-state index >= 15 is 0 Å². The molecule has 0 aliphatic carbocycles. The molecule has 0 aromatic heterocycles. The highest BCUT2D eigenvalue weighted by Gasteiger charge is 2.06. The topological polar surface area (TPSA) is 70.9 Å². The largest absolute Gasteiger partial charge is 0.507 e. The van der Waals surface area contributed by atoms with Crippen molar-refractivity contribution in [3.05, 3.63) is 58.7 Å². The average molecular weight is 312 g/mol. The Hall–Kier alpha value is -2.82. The molecule has 120 valence electrons. The summed E-state index contributed by atoms with van der Waals surface area (Å²) in [6, 6.07) is 11.1. The molecule has 0 saturated carbocycles. The molecule has 2 aromatic rings. The number of hydrogen-bond donors (Lipinski definition) is 2. The van der Waals surface area contributed by atoms with Gasteiger partial charge in [0.2, 0.25) is 0 Å². The van der Waals surface area contributed by atoms with E-state index in [4.69, 9.17) is 4.74 Å². The molecule has 1 amide bonds. The number of benzene rings is 2. The Balaban J connectivity index is 1.90. The number of ether oxygens (including phenoxy) is 1. The Morgan fingerprint density at radius 2 is 1.74 bits per heavy atom. The molecule has 0 fully saturated rings. The summed E-state index contributed by atoms with van der Waals surface area (Å²) in [5, 5.41) is 13.7. The lowest BCUT2D eigenvalue weighted by molar-refractivity contribution is -0.123. The Kier molecular flexibility index (Phi) is 5.36. The molecular formula is C18H20N2O3. The van der Waals surface area contributed by atoms with Crippen LogP contribution in [0.5, 0.6) is 11.5 Å². The number of carbonyl (C=O) groups excluding carboxylic acids is 1. The third kappa shape index (κ3) is 4.32. The number of aryl methyl sites for hydroxylation is 3. The molecule has 0 radical (unpaired) electrons. The fraction of sp³-hybridized carbons (Fsp3) is 0.222. The SMILES string of the molecule is Cc1cccc(C=NNC(=O)COc2c(C)cccc2C)c1O. The maximum absolute atomic E-state index is 11.8. The van der Waals surface area contributed by atoms with Crippen molar-refractivity contribution in [3.8, 4) is 11.5 Å². The second kappa shape index (κ2) is 7.45. The zero-order valence-electron chi connectivity index (χ0n) is 13.5. The molecule has 0 saturated heterocycles. The van der Waals surface area contributed by atoms with E-state index in [1.54, 1.807) is 19.1 Å². The van der Waals surface area contributed by atoms with Crippen LogP contribution >= 0.6 is 0 Å². The van der Waals surface area contributed by atoms with Crippen molar-refractivity contribution in [2.45, 2.75) is 20.8 Å². The van der Waals surface area contributed by atoms with Crippen LogP contribution in [0.3, 0.4) is 0 Å². The minimum absolute atomic E-state index is 0.122. The van der Waals surface area contributed by atoms with Crippen molar-refractivity contribution in [3.63, 3.8) is 0 Å². The van der Waals surface area contributed by atoms with Gasteiger partial charge in [-0.1, -0.05) is 30.3 Å². The van der Waals surface area contributed by atoms with Crippen LogP contribution in [0.2, 0.25) is 0 Å². The molecule has 0 atom stereocenters. The normalized spacial score (nSPS) is 10.7. The minimum atomic E-state index is -0.365. The molecular weight excluding hydrogens is 292 g/mol. The van der Waals surface area contributed by atoms with Crippen molar-refractivity contribution >= 4 is 12.1 Å². The number of hydrogen-bond acceptors (Lipinski definition) is 4. The monoisotopic (exact) mass is 312 g/mol. The zero-order valence-corrected chi connectivity index (χ0v) is 13.5. The molecule has 0 bridgehead atoms. The summed E-state index contributed by atoms with van der Waals surface area (Å²) in [6.07, 6.45) is 1.40. The Labute approximate surface area is 135 Å². The number of hydrazone groups is 1. The van der Waals surface area contributed by atoms with E-state index in [9.17, 15) is 9.90 Å². The first kappa shape index (κ1) is 16.5. The van der Waals surface area contributed by atoms with Gasteiger partial charge in [-0.05, 0) is 43.5 Å². The fourth-order valence-electron chi connectivity index (χ4n) is 2.16. The minimum Gasteiger partial charge on any atom is -0.507 e. The van der Waals surface area contributed by atoms with E-state index in [1.807, 2.05) is 38.1 Å². The highest BCUT2D eigenvalue weighted by atomic mass is 16.5. The number of carbonyl (C=O) groups is 1. The van der Waals surface area contributed by atoms with E-state index in [-0.39, 0.29) is 18.3 Å². The van der Waals surface area contributed by atoms with Gasteiger partial charge in [0.25, 0.3) is 5.91 Å². The van der Waals surface area contributed by atoms with Crippen LogP contribution in [-0.4, -0.2) is 23.8 Å². The van der Waals surface area contributed by atoms with Crippen LogP contribution < -0.4 is 10.2 Å². The lowest BCUT2D eigenvalue weighted by Crippen LogP contribution is -2.25. The van der Waals surface area contributed by atoms with Crippen LogP contribution in [-0.2, 0) is 4.79 Å². The molecule has 0 spiro atoms. The number of para-hydroxylation sites is 2. The Morgan fingerprint density at radius 1 is 1.13 bits per heavy atom. The molecule has 23 heavy (non-hydrogen) atoms. The summed E-state index contributed by atoms with van der Waals surface area (Å²) in [5.41, 5.74) is 5.63. The highest BCUT2D eigenvalue weighted by Crippen LogP contribution is 2.22. The summed E-state index contributed by atoms with van der Waals surface area (Å²) < 4.78 is 5.54. The van der Waals surface area contributed by atoms with Crippen LogP contribution in [0.1, 0.15) is 22.3 Å². The third-order valence-corrected chi connectivity index (χ3v) is 3.42. The van der Waals surface area contributed by atoms with Gasteiger partial charge < -0.3 is 9.84 Å². The molecule has 5 nitrogen and oxygen atoms in total. The molecule has 2 aromatic carbocycles. The van der Waals surface area contributed by atoms with Crippen molar-refractivity contribution in [2.24, 2.45) is 5.10 Å². The number of phenolic OH excluding ortho intramolecular Hbond substituents is 1. The average Bonchev–Trinajstić information content (AvgIpc) is 2.51. The second-order valence-electron chi connectivity index (χ2n) is 5.32. The van der Waals surface area contributed by atoms with Gasteiger partial charge in [0, 0.05) is 5.56 Å². The first-order chi connectivity index (χ1) is 11.0. The lowest BCUT2D eigenvalue weighted by Gasteiger charge is -2.10. The van der Waals surface area contributed by atoms with Crippen molar-refractivity contribution in [1.29, 1.82) is 0 Å². The van der Waals surface area contributed by atoms with Crippen molar-refractivity contribution in [1.82, 2.24) is 5.43 Å². The van der Waals surface area contributed by atoms with E-state index < -0.39 is 0 Å².